The van der Waals surface area contributed by atoms with Crippen LogP contribution in [-0.4, -0.2) is 78.1 Å². The van der Waals surface area contributed by atoms with Gasteiger partial charge in [0.15, 0.2) is 11.5 Å². The van der Waals surface area contributed by atoms with Gasteiger partial charge in [-0.25, -0.2) is 0 Å². The van der Waals surface area contributed by atoms with Gasteiger partial charge in [0, 0.05) is 49.6 Å². The first-order valence-corrected chi connectivity index (χ1v) is 24.5. The smallest absolute Gasteiger partial charge is 0.254 e. The van der Waals surface area contributed by atoms with Crippen molar-refractivity contribution in [2.24, 2.45) is 22.9 Å². The summed E-state index contributed by atoms with van der Waals surface area (Å²) in [6.45, 7) is 9.31. The third kappa shape index (κ3) is 10.1. The van der Waals surface area contributed by atoms with E-state index < -0.39 is 24.0 Å². The first-order valence-electron chi connectivity index (χ1n) is 24.5. The molecular formula is C56H63N3O10. The Hall–Kier alpha value is -6.17. The maximum Gasteiger partial charge on any atom is 0.254 e. The molecule has 9 rings (SSSR count). The number of aryl methyl sites for hydroxylation is 2. The zero-order valence-electron chi connectivity index (χ0n) is 39.6. The highest BCUT2D eigenvalue weighted by atomic mass is 16.8. The van der Waals surface area contributed by atoms with Crippen molar-refractivity contribution in [2.75, 3.05) is 33.2 Å². The predicted octanol–water partition coefficient (Wildman–Crippen LogP) is 10.2. The molecule has 4 aromatic carbocycles. The molecule has 3 heterocycles. The second kappa shape index (κ2) is 21.6. The van der Waals surface area contributed by atoms with Crippen molar-refractivity contribution < 1.29 is 48.3 Å². The van der Waals surface area contributed by atoms with Gasteiger partial charge in [-0.05, 0) is 153 Å². The van der Waals surface area contributed by atoms with E-state index in [9.17, 15) is 15.5 Å². The monoisotopic (exact) mass is 937 g/mol. The van der Waals surface area contributed by atoms with Gasteiger partial charge in [0.2, 0.25) is 18.9 Å². The standard InChI is InChI=1S/C56H63N3O10/c1-4-26-66-56-51(59(55(62)40-18-15-38(33-57)16-19-40)34-39-17-22-49-50(29-39)65-35-64-49)32-47(58-69-52-13-7-10-27-63-52)45-30-41(11-5-8-24-60)44(12-6-9-25-61)53(54(45)56)46-31-43(21-23-48(46)68-56)67-42-20-14-36(2)37(3)28-42/h4,14-23,28-31,41,44,51-54,60-61H,1,5-13,24-27,32,34-35H2,2-3H3/t41-,44+,51-,52?,53+,54+,56+/m0/s1. The minimum Gasteiger partial charge on any atom is -0.459 e. The topological polar surface area (TPSA) is 162 Å². The maximum absolute atomic E-state index is 15.6. The zero-order chi connectivity index (χ0) is 47.9. The van der Waals surface area contributed by atoms with E-state index in [0.29, 0.717) is 65.7 Å². The lowest BCUT2D eigenvalue weighted by Gasteiger charge is -2.60. The average molecular weight is 938 g/mol. The van der Waals surface area contributed by atoms with Crippen molar-refractivity contribution in [3.63, 3.8) is 0 Å². The van der Waals surface area contributed by atoms with Crippen molar-refractivity contribution in [1.29, 1.82) is 5.26 Å². The van der Waals surface area contributed by atoms with Gasteiger partial charge in [-0.15, -0.1) is 6.58 Å². The Morgan fingerprint density at radius 2 is 1.68 bits per heavy atom. The van der Waals surface area contributed by atoms with Crippen LogP contribution in [0.5, 0.6) is 28.7 Å². The van der Waals surface area contributed by atoms with Gasteiger partial charge in [-0.2, -0.15) is 5.26 Å². The van der Waals surface area contributed by atoms with Crippen molar-refractivity contribution >= 4 is 11.6 Å². The Kier molecular flexibility index (Phi) is 15.0. The molecule has 5 aliphatic rings. The normalized spacial score (nSPS) is 24.8. The molecule has 2 N–H and O–H groups in total. The summed E-state index contributed by atoms with van der Waals surface area (Å²) < 4.78 is 39.0. The molecule has 1 saturated heterocycles. The fraction of sp³-hybridized carbons (Fsp3) is 0.446. The molecule has 0 bridgehead atoms. The number of carbonyl (C=O) groups excluding carboxylic acids is 1. The number of amides is 1. The Morgan fingerprint density at radius 1 is 0.913 bits per heavy atom. The molecule has 362 valence electrons. The van der Waals surface area contributed by atoms with E-state index in [1.807, 2.05) is 47.4 Å². The largest absolute Gasteiger partial charge is 0.459 e. The van der Waals surface area contributed by atoms with Crippen LogP contribution in [0, 0.1) is 42.9 Å². The summed E-state index contributed by atoms with van der Waals surface area (Å²) in [5.41, 5.74) is 6.44. The van der Waals surface area contributed by atoms with Crippen molar-refractivity contribution in [1.82, 2.24) is 4.90 Å². The summed E-state index contributed by atoms with van der Waals surface area (Å²) in [6, 6.07) is 25.8. The van der Waals surface area contributed by atoms with Crippen LogP contribution in [0.3, 0.4) is 0 Å². The summed E-state index contributed by atoms with van der Waals surface area (Å²) in [7, 11) is 0. The summed E-state index contributed by atoms with van der Waals surface area (Å²) in [4.78, 5) is 23.8. The molecule has 0 radical (unpaired) electrons. The summed E-state index contributed by atoms with van der Waals surface area (Å²) >= 11 is 0. The van der Waals surface area contributed by atoms with Gasteiger partial charge in [-0.1, -0.05) is 42.3 Å². The third-order valence-corrected chi connectivity index (χ3v) is 14.5. The molecule has 1 amide bonds. The third-order valence-electron chi connectivity index (χ3n) is 14.5. The van der Waals surface area contributed by atoms with Crippen LogP contribution in [0.4, 0.5) is 0 Å². The second-order valence-corrected chi connectivity index (χ2v) is 18.8. The average Bonchev–Trinajstić information content (AvgIpc) is 3.85. The quantitative estimate of drug-likeness (QED) is 0.0523. The van der Waals surface area contributed by atoms with Gasteiger partial charge >= 0.3 is 0 Å². The molecule has 0 aromatic heterocycles. The fourth-order valence-corrected chi connectivity index (χ4v) is 11.0. The van der Waals surface area contributed by atoms with Crippen LogP contribution in [0.2, 0.25) is 0 Å². The molecular weight excluding hydrogens is 875 g/mol. The van der Waals surface area contributed by atoms with Crippen LogP contribution < -0.4 is 18.9 Å². The molecule has 2 aliphatic carbocycles. The first-order chi connectivity index (χ1) is 33.7. The Morgan fingerprint density at radius 3 is 2.43 bits per heavy atom. The first kappa shape index (κ1) is 47.9. The minimum absolute atomic E-state index is 0.00866. The molecule has 2 fully saturated rings. The Bertz CT molecular complexity index is 2580. The van der Waals surface area contributed by atoms with E-state index in [1.165, 1.54) is 5.56 Å². The molecule has 0 spiro atoms. The van der Waals surface area contributed by atoms with Crippen LogP contribution in [0.15, 0.2) is 108 Å². The van der Waals surface area contributed by atoms with Crippen molar-refractivity contribution in [3.8, 4) is 34.8 Å². The van der Waals surface area contributed by atoms with E-state index in [2.05, 4.69) is 44.7 Å². The van der Waals surface area contributed by atoms with Gasteiger partial charge < -0.3 is 48.4 Å². The van der Waals surface area contributed by atoms with Crippen molar-refractivity contribution in [3.05, 3.63) is 137 Å². The number of aliphatic hydroxyl groups is 2. The number of fused-ring (bicyclic) bond motifs is 3. The van der Waals surface area contributed by atoms with Crippen LogP contribution in [0.25, 0.3) is 0 Å². The number of allylic oxidation sites excluding steroid dienone is 1. The highest BCUT2D eigenvalue weighted by Crippen LogP contribution is 2.62. The number of hydrogen-bond acceptors (Lipinski definition) is 12. The highest BCUT2D eigenvalue weighted by molar-refractivity contribution is 6.03. The maximum atomic E-state index is 15.6. The molecule has 1 saturated carbocycles. The van der Waals surface area contributed by atoms with Crippen LogP contribution in [0.1, 0.15) is 108 Å². The van der Waals surface area contributed by atoms with Crippen molar-refractivity contribution in [2.45, 2.75) is 109 Å². The van der Waals surface area contributed by atoms with Crippen LogP contribution in [-0.2, 0) is 20.9 Å². The molecule has 1 unspecified atom stereocenters. The summed E-state index contributed by atoms with van der Waals surface area (Å²) in [5.74, 6) is 0.614. The lowest BCUT2D eigenvalue weighted by Crippen LogP contribution is -2.70. The number of rotatable bonds is 19. The zero-order valence-corrected chi connectivity index (χ0v) is 39.6. The number of carbonyl (C=O) groups is 1. The van der Waals surface area contributed by atoms with Gasteiger partial charge in [0.05, 0.1) is 36.5 Å². The van der Waals surface area contributed by atoms with E-state index in [-0.39, 0.29) is 63.2 Å². The van der Waals surface area contributed by atoms with Crippen LogP contribution >= 0.6 is 0 Å². The molecule has 13 heteroatoms. The molecule has 13 nitrogen and oxygen atoms in total. The number of oxime groups is 1. The Balaban J connectivity index is 1.26. The van der Waals surface area contributed by atoms with Gasteiger partial charge in [0.25, 0.3) is 5.91 Å². The number of hydrogen-bond donors (Lipinski definition) is 2. The highest BCUT2D eigenvalue weighted by Gasteiger charge is 2.65. The predicted molar refractivity (Wildman–Crippen MR) is 259 cm³/mol. The van der Waals surface area contributed by atoms with Gasteiger partial charge in [-0.3, -0.25) is 4.79 Å². The molecule has 7 atom stereocenters. The molecule has 3 aliphatic heterocycles. The lowest BCUT2D eigenvalue weighted by atomic mass is 9.55. The summed E-state index contributed by atoms with van der Waals surface area (Å²) in [5, 5.41) is 34.9. The van der Waals surface area contributed by atoms with E-state index >= 15 is 4.79 Å². The van der Waals surface area contributed by atoms with E-state index in [4.69, 9.17) is 38.4 Å². The number of benzene rings is 4. The van der Waals surface area contributed by atoms with Gasteiger partial charge in [0.1, 0.15) is 23.3 Å². The fourth-order valence-electron chi connectivity index (χ4n) is 11.0. The van der Waals surface area contributed by atoms with E-state index in [1.54, 1.807) is 30.3 Å². The summed E-state index contributed by atoms with van der Waals surface area (Å²) in [6.07, 6.45) is 10.8. The number of nitriles is 1. The molecule has 4 aromatic rings. The number of nitrogens with zero attached hydrogens (tertiary/aromatic N) is 3. The SMILES string of the molecule is C=CCO[C@@]12Oc3ccc(Oc4ccc(C)c(C)c4)cc3[C@H]3[C@H](CCCCO)[C@@H](CCCCO)C=C(C(=NOC4CCCCO4)C[C@@H]1N(Cc1ccc4c(c1)OCO4)C(=O)c1ccc(C#N)cc1)[C@H]32. The number of aliphatic hydroxyl groups excluding tert-OH is 2. The minimum atomic E-state index is -1.52. The van der Waals surface area contributed by atoms with E-state index in [0.717, 1.165) is 66.5 Å². The second-order valence-electron chi connectivity index (χ2n) is 18.8. The lowest BCUT2D eigenvalue weighted by molar-refractivity contribution is -0.255. The number of ether oxygens (including phenoxy) is 6. The molecule has 69 heavy (non-hydrogen) atoms. The number of unbranched alkanes of at least 4 members (excludes halogenated alkanes) is 2. The Labute approximate surface area is 404 Å².